The van der Waals surface area contributed by atoms with E-state index >= 15 is 0 Å². The van der Waals surface area contributed by atoms with E-state index in [4.69, 9.17) is 9.47 Å². The van der Waals surface area contributed by atoms with Gasteiger partial charge in [0.1, 0.15) is 5.60 Å². The van der Waals surface area contributed by atoms with Crippen LogP contribution in [-0.2, 0) is 14.3 Å². The molecule has 2 N–H and O–H groups in total. The van der Waals surface area contributed by atoms with Crippen molar-refractivity contribution in [1.82, 2.24) is 20.5 Å². The molecular weight excluding hydrogens is 396 g/mol. The molecule has 2 aromatic heterocycles. The van der Waals surface area contributed by atoms with Crippen molar-refractivity contribution >= 4 is 23.0 Å². The lowest BCUT2D eigenvalue weighted by Crippen LogP contribution is -2.38. The number of hydrogen-bond acceptors (Lipinski definition) is 6. The molecule has 0 radical (unpaired) electrons. The van der Waals surface area contributed by atoms with Crippen molar-refractivity contribution in [2.75, 3.05) is 6.61 Å². The molecule has 170 valence electrons. The summed E-state index contributed by atoms with van der Waals surface area (Å²) in [6.45, 7) is 11.2. The number of amides is 1. The van der Waals surface area contributed by atoms with E-state index in [0.29, 0.717) is 12.8 Å². The van der Waals surface area contributed by atoms with Gasteiger partial charge in [0, 0.05) is 35.8 Å². The van der Waals surface area contributed by atoms with Gasteiger partial charge in [0.05, 0.1) is 24.2 Å². The Morgan fingerprint density at radius 3 is 2.71 bits per heavy atom. The van der Waals surface area contributed by atoms with E-state index in [-0.39, 0.29) is 18.6 Å². The number of aromatic amines is 1. The van der Waals surface area contributed by atoms with Crippen LogP contribution in [0.5, 0.6) is 0 Å². The zero-order valence-corrected chi connectivity index (χ0v) is 18.9. The smallest absolute Gasteiger partial charge is 0.407 e. The molecule has 2 rings (SSSR count). The van der Waals surface area contributed by atoms with Crippen molar-refractivity contribution in [3.05, 3.63) is 36.8 Å². The summed E-state index contributed by atoms with van der Waals surface area (Å²) >= 11 is 0. The first-order valence-corrected chi connectivity index (χ1v) is 10.7. The molecule has 0 saturated carbocycles. The number of carbonyl (C=O) groups excluding carboxylic acids is 2. The second-order valence-corrected chi connectivity index (χ2v) is 8.69. The van der Waals surface area contributed by atoms with Crippen LogP contribution in [0.1, 0.15) is 71.3 Å². The molecule has 0 spiro atoms. The molecule has 2 heterocycles. The summed E-state index contributed by atoms with van der Waals surface area (Å²) in [6, 6.07) is -0.189. The van der Waals surface area contributed by atoms with Gasteiger partial charge in [0.25, 0.3) is 0 Å². The summed E-state index contributed by atoms with van der Waals surface area (Å²) < 4.78 is 10.8. The predicted molar refractivity (Wildman–Crippen MR) is 120 cm³/mol. The number of esters is 1. The number of nitrogens with one attached hydrogen (secondary N) is 2. The van der Waals surface area contributed by atoms with Gasteiger partial charge in [-0.2, -0.15) is 5.10 Å². The van der Waals surface area contributed by atoms with E-state index in [1.165, 1.54) is 0 Å². The Bertz CT molecular complexity index is 872. The number of aromatic nitrogens is 3. The molecule has 0 aliphatic carbocycles. The fourth-order valence-electron chi connectivity index (χ4n) is 3.21. The van der Waals surface area contributed by atoms with Crippen molar-refractivity contribution in [3.8, 4) is 0 Å². The van der Waals surface area contributed by atoms with Gasteiger partial charge in [0.15, 0.2) is 0 Å². The third kappa shape index (κ3) is 8.03. The van der Waals surface area contributed by atoms with E-state index < -0.39 is 17.6 Å². The second-order valence-electron chi connectivity index (χ2n) is 8.69. The molecule has 1 amide bonds. The van der Waals surface area contributed by atoms with E-state index in [1.807, 2.05) is 33.8 Å². The zero-order valence-electron chi connectivity index (χ0n) is 18.9. The van der Waals surface area contributed by atoms with Crippen LogP contribution in [0.3, 0.4) is 0 Å². The lowest BCUT2D eigenvalue weighted by molar-refractivity contribution is -0.145. The van der Waals surface area contributed by atoms with Crippen LogP contribution in [0.2, 0.25) is 0 Å². The van der Waals surface area contributed by atoms with Crippen molar-refractivity contribution in [1.29, 1.82) is 0 Å². The fraction of sp³-hybridized carbons (Fsp3) is 0.565. The molecular formula is C23H34N4O4. The summed E-state index contributed by atoms with van der Waals surface area (Å²) in [4.78, 5) is 29.1. The number of alkyl carbamates (subject to hydrolysis) is 1. The maximum atomic E-state index is 12.9. The number of nitrogens with zero attached hydrogens (tertiary/aromatic N) is 2. The standard InChI is InChI=1S/C23H34N4O4/c1-6-7-8-9-10-18(19-15-24-13-17-14-25-27-20(17)19)21(28)30-12-11-16(2)26-22(29)31-23(3,4)5/h6,13-16,18H,1,7-12H2,2-5H3,(H,25,27)(H,26,29). The second kappa shape index (κ2) is 11.5. The quantitative estimate of drug-likeness (QED) is 0.306. The molecule has 31 heavy (non-hydrogen) atoms. The minimum Gasteiger partial charge on any atom is -0.465 e. The highest BCUT2D eigenvalue weighted by Gasteiger charge is 2.25. The lowest BCUT2D eigenvalue weighted by atomic mass is 9.93. The third-order valence-electron chi connectivity index (χ3n) is 4.75. The number of carbonyl (C=O) groups is 2. The highest BCUT2D eigenvalue weighted by atomic mass is 16.6. The van der Waals surface area contributed by atoms with Gasteiger partial charge < -0.3 is 14.8 Å². The van der Waals surface area contributed by atoms with Gasteiger partial charge in [-0.1, -0.05) is 12.5 Å². The number of H-pyrrole nitrogens is 1. The largest absolute Gasteiger partial charge is 0.465 e. The van der Waals surface area contributed by atoms with Crippen LogP contribution in [0, 0.1) is 0 Å². The maximum Gasteiger partial charge on any atom is 0.407 e. The van der Waals surface area contributed by atoms with Crippen molar-refractivity contribution < 1.29 is 19.1 Å². The highest BCUT2D eigenvalue weighted by Crippen LogP contribution is 2.28. The Morgan fingerprint density at radius 1 is 1.23 bits per heavy atom. The number of pyridine rings is 1. The average Bonchev–Trinajstić information content (AvgIpc) is 3.15. The molecule has 0 aliphatic rings. The molecule has 0 saturated heterocycles. The molecule has 0 bridgehead atoms. The molecule has 2 aromatic rings. The predicted octanol–water partition coefficient (Wildman–Crippen LogP) is 4.63. The van der Waals surface area contributed by atoms with Gasteiger partial charge in [-0.25, -0.2) is 4.79 Å². The minimum absolute atomic E-state index is 0.189. The molecule has 2 unspecified atom stereocenters. The van der Waals surface area contributed by atoms with Crippen LogP contribution in [-0.4, -0.2) is 45.5 Å². The van der Waals surface area contributed by atoms with E-state index in [2.05, 4.69) is 27.1 Å². The Kier molecular flexibility index (Phi) is 9.03. The summed E-state index contributed by atoms with van der Waals surface area (Å²) in [7, 11) is 0. The third-order valence-corrected chi connectivity index (χ3v) is 4.75. The monoisotopic (exact) mass is 430 g/mol. The fourth-order valence-corrected chi connectivity index (χ4v) is 3.21. The Morgan fingerprint density at radius 2 is 2.00 bits per heavy atom. The molecule has 2 atom stereocenters. The SMILES string of the molecule is C=CCCCCC(C(=O)OCCC(C)NC(=O)OC(C)(C)C)c1cncc2cn[nH]c12. The van der Waals surface area contributed by atoms with Gasteiger partial charge in [-0.05, 0) is 47.0 Å². The zero-order chi connectivity index (χ0) is 22.9. The van der Waals surface area contributed by atoms with Crippen molar-refractivity contribution in [3.63, 3.8) is 0 Å². The summed E-state index contributed by atoms with van der Waals surface area (Å²) in [5.74, 6) is -0.734. The first-order chi connectivity index (χ1) is 14.7. The van der Waals surface area contributed by atoms with Crippen LogP contribution >= 0.6 is 0 Å². The van der Waals surface area contributed by atoms with Crippen molar-refractivity contribution in [2.24, 2.45) is 0 Å². The lowest BCUT2D eigenvalue weighted by Gasteiger charge is -2.22. The van der Waals surface area contributed by atoms with Crippen LogP contribution < -0.4 is 5.32 Å². The highest BCUT2D eigenvalue weighted by molar-refractivity contribution is 5.87. The topological polar surface area (TPSA) is 106 Å². The average molecular weight is 431 g/mol. The minimum atomic E-state index is -0.559. The normalized spacial score (nSPS) is 13.4. The van der Waals surface area contributed by atoms with E-state index in [1.54, 1.807) is 18.6 Å². The van der Waals surface area contributed by atoms with Gasteiger partial charge in [0.2, 0.25) is 0 Å². The molecule has 0 aliphatic heterocycles. The van der Waals surface area contributed by atoms with Crippen LogP contribution in [0.4, 0.5) is 4.79 Å². The van der Waals surface area contributed by atoms with E-state index in [0.717, 1.165) is 35.7 Å². The van der Waals surface area contributed by atoms with Gasteiger partial charge in [-0.3, -0.25) is 14.9 Å². The maximum absolute atomic E-state index is 12.9. The first-order valence-electron chi connectivity index (χ1n) is 10.7. The summed E-state index contributed by atoms with van der Waals surface area (Å²) in [5.41, 5.74) is 1.04. The number of rotatable bonds is 11. The van der Waals surface area contributed by atoms with Gasteiger partial charge >= 0.3 is 12.1 Å². The Labute approximate surface area is 183 Å². The van der Waals surface area contributed by atoms with Crippen LogP contribution in [0.25, 0.3) is 10.9 Å². The number of hydrogen-bond donors (Lipinski definition) is 2. The summed E-state index contributed by atoms with van der Waals surface area (Å²) in [6.07, 6.45) is 10.4. The Hall–Kier alpha value is -2.90. The summed E-state index contributed by atoms with van der Waals surface area (Å²) in [5, 5.41) is 10.6. The molecule has 0 aromatic carbocycles. The molecule has 0 fully saturated rings. The molecule has 8 heteroatoms. The van der Waals surface area contributed by atoms with Gasteiger partial charge in [-0.15, -0.1) is 6.58 Å². The number of fused-ring (bicyclic) bond motifs is 1. The van der Waals surface area contributed by atoms with Crippen molar-refractivity contribution in [2.45, 2.75) is 77.4 Å². The Balaban J connectivity index is 1.96. The number of allylic oxidation sites excluding steroid dienone is 1. The van der Waals surface area contributed by atoms with E-state index in [9.17, 15) is 9.59 Å². The molecule has 8 nitrogen and oxygen atoms in total. The number of ether oxygens (including phenoxy) is 2. The first kappa shape index (κ1) is 24.4. The number of unbranched alkanes of at least 4 members (excludes halogenated alkanes) is 2. The van der Waals surface area contributed by atoms with Crippen LogP contribution in [0.15, 0.2) is 31.2 Å².